The van der Waals surface area contributed by atoms with E-state index in [1.54, 1.807) is 0 Å². The first-order valence-electron chi connectivity index (χ1n) is 7.49. The quantitative estimate of drug-likeness (QED) is 0.840. The smallest absolute Gasteiger partial charge is 0.0596 e. The average Bonchev–Trinajstić information content (AvgIpc) is 2.94. The van der Waals surface area contributed by atoms with E-state index < -0.39 is 0 Å². The molecule has 2 unspecified atom stereocenters. The molecule has 2 rings (SSSR count). The van der Waals surface area contributed by atoms with Crippen LogP contribution in [0.3, 0.4) is 0 Å². The third-order valence-corrected chi connectivity index (χ3v) is 4.01. The molecule has 0 radical (unpaired) electrons. The summed E-state index contributed by atoms with van der Waals surface area (Å²) in [5, 5.41) is 8.20. The molecule has 1 aromatic heterocycles. The monoisotopic (exact) mass is 249 g/mol. The second-order valence-corrected chi connectivity index (χ2v) is 5.63. The van der Waals surface area contributed by atoms with Crippen molar-refractivity contribution in [1.82, 2.24) is 15.1 Å². The van der Waals surface area contributed by atoms with E-state index in [0.29, 0.717) is 0 Å². The van der Waals surface area contributed by atoms with Gasteiger partial charge in [0.15, 0.2) is 0 Å². The summed E-state index contributed by atoms with van der Waals surface area (Å²) >= 11 is 0. The second kappa shape index (κ2) is 6.37. The minimum absolute atomic E-state index is 0.758. The number of rotatable bonds is 6. The summed E-state index contributed by atoms with van der Waals surface area (Å²) in [7, 11) is 0. The highest BCUT2D eigenvalue weighted by Crippen LogP contribution is 2.28. The van der Waals surface area contributed by atoms with E-state index in [1.807, 2.05) is 0 Å². The lowest BCUT2D eigenvalue weighted by Gasteiger charge is -2.13. The van der Waals surface area contributed by atoms with Crippen molar-refractivity contribution in [3.8, 4) is 0 Å². The van der Waals surface area contributed by atoms with Crippen molar-refractivity contribution in [1.29, 1.82) is 0 Å². The van der Waals surface area contributed by atoms with Crippen molar-refractivity contribution in [2.24, 2.45) is 5.92 Å². The van der Waals surface area contributed by atoms with Crippen LogP contribution in [-0.2, 0) is 13.0 Å². The molecule has 1 aromatic rings. The largest absolute Gasteiger partial charge is 0.314 e. The van der Waals surface area contributed by atoms with Gasteiger partial charge >= 0.3 is 0 Å². The van der Waals surface area contributed by atoms with Gasteiger partial charge in [0.1, 0.15) is 0 Å². The summed E-state index contributed by atoms with van der Waals surface area (Å²) in [4.78, 5) is 0. The lowest BCUT2D eigenvalue weighted by molar-refractivity contribution is 0.470. The number of hydrogen-bond acceptors (Lipinski definition) is 2. The van der Waals surface area contributed by atoms with E-state index in [9.17, 15) is 0 Å². The summed E-state index contributed by atoms with van der Waals surface area (Å²) < 4.78 is 2.17. The molecule has 0 bridgehead atoms. The summed E-state index contributed by atoms with van der Waals surface area (Å²) in [6.07, 6.45) is 6.51. The molecule has 18 heavy (non-hydrogen) atoms. The summed E-state index contributed by atoms with van der Waals surface area (Å²) in [6.45, 7) is 8.67. The van der Waals surface area contributed by atoms with Crippen LogP contribution in [0, 0.1) is 12.8 Å². The topological polar surface area (TPSA) is 29.9 Å². The summed E-state index contributed by atoms with van der Waals surface area (Å²) in [6, 6.07) is 3.02. The number of aromatic nitrogens is 2. The molecule has 0 amide bonds. The maximum absolute atomic E-state index is 4.54. The van der Waals surface area contributed by atoms with Gasteiger partial charge in [-0.05, 0) is 64.5 Å². The Bertz CT molecular complexity index is 370. The van der Waals surface area contributed by atoms with Gasteiger partial charge in [0.25, 0.3) is 0 Å². The number of nitrogens with one attached hydrogen (secondary N) is 1. The number of aryl methyl sites for hydroxylation is 2. The van der Waals surface area contributed by atoms with Crippen LogP contribution < -0.4 is 5.32 Å². The minimum Gasteiger partial charge on any atom is -0.314 e. The zero-order valence-corrected chi connectivity index (χ0v) is 12.1. The van der Waals surface area contributed by atoms with E-state index in [2.05, 4.69) is 41.9 Å². The van der Waals surface area contributed by atoms with Crippen molar-refractivity contribution in [2.75, 3.05) is 6.54 Å². The van der Waals surface area contributed by atoms with Gasteiger partial charge in [-0.3, -0.25) is 4.68 Å². The van der Waals surface area contributed by atoms with Gasteiger partial charge < -0.3 is 5.32 Å². The average molecular weight is 249 g/mol. The fourth-order valence-electron chi connectivity index (χ4n) is 3.13. The Balaban J connectivity index is 1.87. The predicted octanol–water partition coefficient (Wildman–Crippen LogP) is 2.92. The Morgan fingerprint density at radius 3 is 2.94 bits per heavy atom. The lowest BCUT2D eigenvalue weighted by atomic mass is 10.0. The van der Waals surface area contributed by atoms with Crippen molar-refractivity contribution >= 4 is 0 Å². The SMILES string of the molecule is CCCNC1CCC(Cc2cc(C)nn2CC)C1. The highest BCUT2D eigenvalue weighted by molar-refractivity contribution is 5.10. The van der Waals surface area contributed by atoms with Crippen LogP contribution in [0.1, 0.15) is 50.9 Å². The standard InChI is InChI=1S/C15H27N3/c1-4-8-16-14-7-6-13(10-14)11-15-9-12(3)17-18(15)5-2/h9,13-14,16H,4-8,10-11H2,1-3H3. The predicted molar refractivity (Wildman–Crippen MR) is 75.8 cm³/mol. The van der Waals surface area contributed by atoms with Gasteiger partial charge in [0, 0.05) is 18.3 Å². The van der Waals surface area contributed by atoms with Crippen molar-refractivity contribution in [3.05, 3.63) is 17.5 Å². The Kier molecular flexibility index (Phi) is 4.81. The first-order chi connectivity index (χ1) is 8.72. The van der Waals surface area contributed by atoms with Crippen molar-refractivity contribution in [2.45, 2.75) is 65.5 Å². The fourth-order valence-corrected chi connectivity index (χ4v) is 3.13. The summed E-state index contributed by atoms with van der Waals surface area (Å²) in [5.41, 5.74) is 2.58. The van der Waals surface area contributed by atoms with Crippen LogP contribution in [0.15, 0.2) is 6.07 Å². The molecule has 0 saturated heterocycles. The zero-order valence-electron chi connectivity index (χ0n) is 12.1. The molecule has 1 heterocycles. The Labute approximate surface area is 111 Å². The molecule has 0 aliphatic heterocycles. The molecule has 102 valence electrons. The van der Waals surface area contributed by atoms with E-state index in [0.717, 1.165) is 24.2 Å². The van der Waals surface area contributed by atoms with Gasteiger partial charge in [-0.25, -0.2) is 0 Å². The second-order valence-electron chi connectivity index (χ2n) is 5.63. The first kappa shape index (κ1) is 13.6. The van der Waals surface area contributed by atoms with Crippen LogP contribution >= 0.6 is 0 Å². The molecule has 2 atom stereocenters. The lowest BCUT2D eigenvalue weighted by Crippen LogP contribution is -2.27. The Morgan fingerprint density at radius 2 is 2.22 bits per heavy atom. The van der Waals surface area contributed by atoms with Gasteiger partial charge in [0.2, 0.25) is 0 Å². The van der Waals surface area contributed by atoms with E-state index >= 15 is 0 Å². The van der Waals surface area contributed by atoms with Gasteiger partial charge in [0.05, 0.1) is 5.69 Å². The Hall–Kier alpha value is -0.830. The number of nitrogens with zero attached hydrogens (tertiary/aromatic N) is 2. The molecule has 1 fully saturated rings. The third kappa shape index (κ3) is 3.35. The highest BCUT2D eigenvalue weighted by Gasteiger charge is 2.25. The zero-order chi connectivity index (χ0) is 13.0. The molecule has 1 N–H and O–H groups in total. The van der Waals surface area contributed by atoms with E-state index in [4.69, 9.17) is 0 Å². The maximum atomic E-state index is 4.54. The molecular weight excluding hydrogens is 222 g/mol. The van der Waals surface area contributed by atoms with E-state index in [1.165, 1.54) is 44.3 Å². The number of hydrogen-bond donors (Lipinski definition) is 1. The van der Waals surface area contributed by atoms with Crippen LogP contribution in [0.25, 0.3) is 0 Å². The Morgan fingerprint density at radius 1 is 1.39 bits per heavy atom. The van der Waals surface area contributed by atoms with Crippen LogP contribution in [0.5, 0.6) is 0 Å². The van der Waals surface area contributed by atoms with Crippen LogP contribution in [0.4, 0.5) is 0 Å². The molecule has 1 saturated carbocycles. The van der Waals surface area contributed by atoms with Gasteiger partial charge in [-0.1, -0.05) is 6.92 Å². The minimum atomic E-state index is 0.758. The molecule has 0 spiro atoms. The highest BCUT2D eigenvalue weighted by atomic mass is 15.3. The molecule has 3 heteroatoms. The van der Waals surface area contributed by atoms with E-state index in [-0.39, 0.29) is 0 Å². The fraction of sp³-hybridized carbons (Fsp3) is 0.800. The maximum Gasteiger partial charge on any atom is 0.0596 e. The molecule has 1 aliphatic carbocycles. The molecule has 0 aromatic carbocycles. The molecule has 3 nitrogen and oxygen atoms in total. The van der Waals surface area contributed by atoms with Crippen LogP contribution in [0.2, 0.25) is 0 Å². The first-order valence-corrected chi connectivity index (χ1v) is 7.49. The van der Waals surface area contributed by atoms with Crippen molar-refractivity contribution in [3.63, 3.8) is 0 Å². The molecular formula is C15H27N3. The van der Waals surface area contributed by atoms with Gasteiger partial charge in [-0.2, -0.15) is 5.10 Å². The van der Waals surface area contributed by atoms with Gasteiger partial charge in [-0.15, -0.1) is 0 Å². The van der Waals surface area contributed by atoms with Crippen LogP contribution in [-0.4, -0.2) is 22.4 Å². The third-order valence-electron chi connectivity index (χ3n) is 4.01. The van der Waals surface area contributed by atoms with Crippen molar-refractivity contribution < 1.29 is 0 Å². The molecule has 1 aliphatic rings. The normalized spacial score (nSPS) is 23.7. The summed E-state index contributed by atoms with van der Waals surface area (Å²) in [5.74, 6) is 0.848.